The largest absolute Gasteiger partial charge is 0.379 e. The molecule has 1 fully saturated rings. The van der Waals surface area contributed by atoms with Gasteiger partial charge in [-0.25, -0.2) is 4.98 Å². The molecule has 0 saturated carbocycles. The van der Waals surface area contributed by atoms with E-state index in [4.69, 9.17) is 4.74 Å². The van der Waals surface area contributed by atoms with Crippen molar-refractivity contribution < 1.29 is 14.3 Å². The highest BCUT2D eigenvalue weighted by Crippen LogP contribution is 2.18. The fourth-order valence-electron chi connectivity index (χ4n) is 2.57. The van der Waals surface area contributed by atoms with Crippen LogP contribution in [0.3, 0.4) is 0 Å². The lowest BCUT2D eigenvalue weighted by atomic mass is 10.1. The van der Waals surface area contributed by atoms with E-state index in [0.717, 1.165) is 12.0 Å². The Morgan fingerprint density at radius 2 is 2.12 bits per heavy atom. The molecule has 1 aromatic carbocycles. The van der Waals surface area contributed by atoms with Crippen molar-refractivity contribution in [3.63, 3.8) is 0 Å². The van der Waals surface area contributed by atoms with E-state index in [1.807, 2.05) is 6.07 Å². The molecule has 0 bridgehead atoms. The van der Waals surface area contributed by atoms with Crippen LogP contribution in [0, 0.1) is 0 Å². The summed E-state index contributed by atoms with van der Waals surface area (Å²) in [5, 5.41) is 2.96. The van der Waals surface area contributed by atoms with Crippen molar-refractivity contribution in [3.05, 3.63) is 47.9 Å². The third kappa shape index (κ3) is 4.00. The summed E-state index contributed by atoms with van der Waals surface area (Å²) in [6.45, 7) is 1.22. The Morgan fingerprint density at radius 3 is 2.84 bits per heavy atom. The van der Waals surface area contributed by atoms with Crippen molar-refractivity contribution in [1.82, 2.24) is 20.2 Å². The number of ether oxygens (including phenoxy) is 1. The predicted octanol–water partition coefficient (Wildman–Crippen LogP) is 1.36. The van der Waals surface area contributed by atoms with E-state index < -0.39 is 0 Å². The highest BCUT2D eigenvalue weighted by molar-refractivity contribution is 5.96. The second kappa shape index (κ2) is 7.40. The Balaban J connectivity index is 1.82. The average molecular weight is 340 g/mol. The molecular formula is C18H20N4O3. The SMILES string of the molecule is CN(C)C(=O)c1cncc(-c2cccc(C(=O)NC3CCOC3)c2)n1. The maximum absolute atomic E-state index is 12.4. The molecule has 1 atom stereocenters. The van der Waals surface area contributed by atoms with Crippen LogP contribution >= 0.6 is 0 Å². The van der Waals surface area contributed by atoms with Crippen LogP contribution in [-0.4, -0.2) is 60.0 Å². The average Bonchev–Trinajstić information content (AvgIpc) is 3.14. The van der Waals surface area contributed by atoms with Gasteiger partial charge in [0.05, 0.1) is 30.7 Å². The van der Waals surface area contributed by atoms with Crippen molar-refractivity contribution in [2.24, 2.45) is 0 Å². The van der Waals surface area contributed by atoms with Gasteiger partial charge in [0.25, 0.3) is 11.8 Å². The van der Waals surface area contributed by atoms with Crippen LogP contribution in [0.15, 0.2) is 36.7 Å². The summed E-state index contributed by atoms with van der Waals surface area (Å²) in [6, 6.07) is 7.17. The fraction of sp³-hybridized carbons (Fsp3) is 0.333. The number of aromatic nitrogens is 2. The van der Waals surface area contributed by atoms with Gasteiger partial charge in [-0.1, -0.05) is 12.1 Å². The van der Waals surface area contributed by atoms with Crippen LogP contribution in [0.2, 0.25) is 0 Å². The topological polar surface area (TPSA) is 84.4 Å². The summed E-state index contributed by atoms with van der Waals surface area (Å²) >= 11 is 0. The third-order valence-corrected chi connectivity index (χ3v) is 3.95. The van der Waals surface area contributed by atoms with E-state index >= 15 is 0 Å². The number of benzene rings is 1. The molecule has 1 unspecified atom stereocenters. The number of hydrogen-bond donors (Lipinski definition) is 1. The third-order valence-electron chi connectivity index (χ3n) is 3.95. The van der Waals surface area contributed by atoms with E-state index in [-0.39, 0.29) is 23.6 Å². The first-order chi connectivity index (χ1) is 12.0. The van der Waals surface area contributed by atoms with Gasteiger partial charge >= 0.3 is 0 Å². The lowest BCUT2D eigenvalue weighted by Gasteiger charge is -2.12. The summed E-state index contributed by atoms with van der Waals surface area (Å²) < 4.78 is 5.27. The Morgan fingerprint density at radius 1 is 1.28 bits per heavy atom. The van der Waals surface area contributed by atoms with Gasteiger partial charge in [-0.3, -0.25) is 14.6 Å². The zero-order chi connectivity index (χ0) is 17.8. The van der Waals surface area contributed by atoms with Crippen molar-refractivity contribution in [2.45, 2.75) is 12.5 Å². The minimum absolute atomic E-state index is 0.0528. The summed E-state index contributed by atoms with van der Waals surface area (Å²) in [6.07, 6.45) is 3.84. The molecule has 1 saturated heterocycles. The van der Waals surface area contributed by atoms with Gasteiger partial charge < -0.3 is 15.0 Å². The second-order valence-corrected chi connectivity index (χ2v) is 6.10. The van der Waals surface area contributed by atoms with Crippen LogP contribution < -0.4 is 5.32 Å². The summed E-state index contributed by atoms with van der Waals surface area (Å²) in [7, 11) is 3.32. The zero-order valence-electron chi connectivity index (χ0n) is 14.2. The standard InChI is InChI=1S/C18H20N4O3/c1-22(2)18(24)16-10-19-9-15(21-16)12-4-3-5-13(8-12)17(23)20-14-6-7-25-11-14/h3-5,8-10,14H,6-7,11H2,1-2H3,(H,20,23). The minimum Gasteiger partial charge on any atom is -0.379 e. The first-order valence-corrected chi connectivity index (χ1v) is 8.07. The quantitative estimate of drug-likeness (QED) is 0.908. The van der Waals surface area contributed by atoms with E-state index in [9.17, 15) is 9.59 Å². The molecule has 2 amide bonds. The Kier molecular flexibility index (Phi) is 5.04. The van der Waals surface area contributed by atoms with Crippen LogP contribution in [0.5, 0.6) is 0 Å². The molecule has 7 nitrogen and oxygen atoms in total. The predicted molar refractivity (Wildman–Crippen MR) is 92.2 cm³/mol. The van der Waals surface area contributed by atoms with E-state index in [2.05, 4.69) is 15.3 Å². The maximum atomic E-state index is 12.4. The van der Waals surface area contributed by atoms with Gasteiger partial charge in [0.15, 0.2) is 0 Å². The number of nitrogens with zero attached hydrogens (tertiary/aromatic N) is 3. The minimum atomic E-state index is -0.218. The van der Waals surface area contributed by atoms with Crippen molar-refractivity contribution >= 4 is 11.8 Å². The van der Waals surface area contributed by atoms with Crippen LogP contribution in [0.25, 0.3) is 11.3 Å². The van der Waals surface area contributed by atoms with E-state index in [1.54, 1.807) is 38.5 Å². The van der Waals surface area contributed by atoms with Crippen molar-refractivity contribution in [1.29, 1.82) is 0 Å². The lowest BCUT2D eigenvalue weighted by molar-refractivity contribution is 0.0821. The van der Waals surface area contributed by atoms with Gasteiger partial charge in [-0.2, -0.15) is 0 Å². The van der Waals surface area contributed by atoms with Gasteiger partial charge in [0.2, 0.25) is 0 Å². The molecule has 1 N–H and O–H groups in total. The van der Waals surface area contributed by atoms with Crippen LogP contribution in [0.4, 0.5) is 0 Å². The normalized spacial score (nSPS) is 16.5. The van der Waals surface area contributed by atoms with Gasteiger partial charge in [-0.05, 0) is 18.6 Å². The maximum Gasteiger partial charge on any atom is 0.273 e. The molecule has 2 heterocycles. The fourth-order valence-corrected chi connectivity index (χ4v) is 2.57. The molecule has 0 spiro atoms. The highest BCUT2D eigenvalue weighted by atomic mass is 16.5. The monoisotopic (exact) mass is 340 g/mol. The second-order valence-electron chi connectivity index (χ2n) is 6.10. The van der Waals surface area contributed by atoms with Gasteiger partial charge in [-0.15, -0.1) is 0 Å². The number of carbonyl (C=O) groups is 2. The molecule has 0 radical (unpaired) electrons. The molecule has 1 aromatic heterocycles. The molecular weight excluding hydrogens is 320 g/mol. The van der Waals surface area contributed by atoms with Crippen molar-refractivity contribution in [3.8, 4) is 11.3 Å². The molecule has 2 aromatic rings. The molecule has 25 heavy (non-hydrogen) atoms. The lowest BCUT2D eigenvalue weighted by Crippen LogP contribution is -2.34. The first kappa shape index (κ1) is 17.0. The first-order valence-electron chi connectivity index (χ1n) is 8.07. The number of nitrogens with one attached hydrogen (secondary N) is 1. The molecule has 1 aliphatic rings. The Bertz CT molecular complexity index is 785. The number of amides is 2. The molecule has 1 aliphatic heterocycles. The number of hydrogen-bond acceptors (Lipinski definition) is 5. The molecule has 130 valence electrons. The van der Waals surface area contributed by atoms with Crippen LogP contribution in [0.1, 0.15) is 27.3 Å². The van der Waals surface area contributed by atoms with Gasteiger partial charge in [0.1, 0.15) is 5.69 Å². The number of carbonyl (C=O) groups excluding carboxylic acids is 2. The van der Waals surface area contributed by atoms with Crippen LogP contribution in [-0.2, 0) is 4.74 Å². The van der Waals surface area contributed by atoms with Gasteiger partial charge in [0, 0.05) is 31.8 Å². The molecule has 0 aliphatic carbocycles. The summed E-state index contributed by atoms with van der Waals surface area (Å²) in [5.41, 5.74) is 2.08. The van der Waals surface area contributed by atoms with E-state index in [0.29, 0.717) is 24.5 Å². The highest BCUT2D eigenvalue weighted by Gasteiger charge is 2.19. The summed E-state index contributed by atoms with van der Waals surface area (Å²) in [5.74, 6) is -0.365. The van der Waals surface area contributed by atoms with Crippen molar-refractivity contribution in [2.75, 3.05) is 27.3 Å². The smallest absolute Gasteiger partial charge is 0.273 e. The summed E-state index contributed by atoms with van der Waals surface area (Å²) in [4.78, 5) is 34.3. The molecule has 3 rings (SSSR count). The zero-order valence-corrected chi connectivity index (χ0v) is 14.2. The Hall–Kier alpha value is -2.80. The number of rotatable bonds is 4. The molecule has 7 heteroatoms. The Labute approximate surface area is 146 Å². The van der Waals surface area contributed by atoms with E-state index in [1.165, 1.54) is 11.1 Å².